The topological polar surface area (TPSA) is 71.5 Å². The van der Waals surface area contributed by atoms with Gasteiger partial charge in [-0.1, -0.05) is 12.0 Å². The molecule has 1 aromatic heterocycles. The van der Waals surface area contributed by atoms with E-state index in [2.05, 4.69) is 26.9 Å². The molecule has 0 saturated carbocycles. The molecule has 35 heavy (non-hydrogen) atoms. The second-order valence-electron chi connectivity index (χ2n) is 7.76. The normalized spacial score (nSPS) is 13.6. The molecule has 0 atom stereocenters. The van der Waals surface area contributed by atoms with Crippen LogP contribution in [-0.4, -0.2) is 29.7 Å². The van der Waals surface area contributed by atoms with E-state index < -0.39 is 18.0 Å². The number of halogens is 3. The van der Waals surface area contributed by atoms with Crippen molar-refractivity contribution < 1.29 is 27.5 Å². The van der Waals surface area contributed by atoms with Crippen LogP contribution in [0.5, 0.6) is 5.75 Å². The van der Waals surface area contributed by atoms with E-state index in [1.165, 1.54) is 6.07 Å². The summed E-state index contributed by atoms with van der Waals surface area (Å²) < 4.78 is 42.5. The summed E-state index contributed by atoms with van der Waals surface area (Å²) in [6.45, 7) is 0.624. The highest BCUT2D eigenvalue weighted by Crippen LogP contribution is 2.28. The third-order valence-electron chi connectivity index (χ3n) is 5.16. The highest BCUT2D eigenvalue weighted by Gasteiger charge is 2.31. The molecule has 0 unspecified atom stereocenters. The average molecular weight is 479 g/mol. The van der Waals surface area contributed by atoms with Gasteiger partial charge in [-0.2, -0.15) is 0 Å². The van der Waals surface area contributed by atoms with Gasteiger partial charge in [0.25, 0.3) is 5.91 Å². The summed E-state index contributed by atoms with van der Waals surface area (Å²) in [6.07, 6.45) is -1.09. The number of rotatable bonds is 4. The van der Waals surface area contributed by atoms with Crippen LogP contribution in [0.4, 0.5) is 24.5 Å². The highest BCUT2D eigenvalue weighted by molar-refractivity contribution is 6.05. The number of amides is 2. The smallest absolute Gasteiger partial charge is 0.406 e. The van der Waals surface area contributed by atoms with Gasteiger partial charge in [0, 0.05) is 47.7 Å². The van der Waals surface area contributed by atoms with Crippen LogP contribution in [-0.2, 0) is 4.79 Å². The first kappa shape index (κ1) is 23.8. The number of nitrogens with one attached hydrogen (secondary N) is 1. The van der Waals surface area contributed by atoms with Crippen LogP contribution in [0.25, 0.3) is 0 Å². The fourth-order valence-electron chi connectivity index (χ4n) is 3.58. The van der Waals surface area contributed by atoms with E-state index in [9.17, 15) is 22.8 Å². The average Bonchev–Trinajstić information content (AvgIpc) is 2.83. The monoisotopic (exact) mass is 479 g/mol. The Bertz CT molecular complexity index is 1280. The first-order chi connectivity index (χ1) is 16.8. The zero-order valence-electron chi connectivity index (χ0n) is 18.4. The summed E-state index contributed by atoms with van der Waals surface area (Å²) in [5.74, 6) is 4.49. The van der Waals surface area contributed by atoms with Crippen molar-refractivity contribution in [2.45, 2.75) is 25.6 Å². The van der Waals surface area contributed by atoms with E-state index in [-0.39, 0.29) is 22.7 Å². The molecule has 3 aromatic rings. The molecule has 1 aliphatic rings. The first-order valence-corrected chi connectivity index (χ1v) is 10.8. The summed E-state index contributed by atoms with van der Waals surface area (Å²) in [7, 11) is 0. The maximum absolute atomic E-state index is 12.8. The minimum Gasteiger partial charge on any atom is -0.406 e. The predicted octanol–water partition coefficient (Wildman–Crippen LogP) is 5.15. The molecule has 9 heteroatoms. The zero-order valence-corrected chi connectivity index (χ0v) is 18.4. The molecular weight excluding hydrogens is 459 g/mol. The summed E-state index contributed by atoms with van der Waals surface area (Å²) in [5.41, 5.74) is 1.69. The van der Waals surface area contributed by atoms with E-state index in [1.54, 1.807) is 53.6 Å². The number of aromatic nitrogens is 1. The van der Waals surface area contributed by atoms with E-state index >= 15 is 0 Å². The minimum absolute atomic E-state index is 0.0364. The molecule has 1 N–H and O–H groups in total. The van der Waals surface area contributed by atoms with E-state index in [1.807, 2.05) is 0 Å². The lowest BCUT2D eigenvalue weighted by atomic mass is 10.1. The fourth-order valence-corrected chi connectivity index (χ4v) is 3.58. The Hall–Kier alpha value is -4.32. The van der Waals surface area contributed by atoms with Gasteiger partial charge in [0.15, 0.2) is 0 Å². The van der Waals surface area contributed by atoms with Crippen LogP contribution in [0.15, 0.2) is 66.9 Å². The molecule has 0 bridgehead atoms. The van der Waals surface area contributed by atoms with Gasteiger partial charge in [-0.15, -0.1) is 13.2 Å². The predicted molar refractivity (Wildman–Crippen MR) is 124 cm³/mol. The largest absolute Gasteiger partial charge is 0.573 e. The van der Waals surface area contributed by atoms with Gasteiger partial charge in [0.1, 0.15) is 11.4 Å². The van der Waals surface area contributed by atoms with Crippen molar-refractivity contribution in [3.63, 3.8) is 0 Å². The third kappa shape index (κ3) is 6.60. The van der Waals surface area contributed by atoms with Crippen molar-refractivity contribution in [2.75, 3.05) is 16.8 Å². The lowest BCUT2D eigenvalue weighted by molar-refractivity contribution is -0.274. The van der Waals surface area contributed by atoms with Gasteiger partial charge in [-0.05, 0) is 67.3 Å². The standard InChI is InChI=1S/C26H20F3N3O3/c27-26(28,29)35-23-16-18(7-10-20-5-1-3-13-30-20)15-21(17-23)31-25(34)19-8-11-22(12-9-19)32-14-4-2-6-24(32)33/h1,3,5,8-9,11-13,15-17H,2,4,6,14H2,(H,31,34). The molecule has 1 saturated heterocycles. The number of carbonyl (C=O) groups excluding carboxylic acids is 2. The third-order valence-corrected chi connectivity index (χ3v) is 5.16. The lowest BCUT2D eigenvalue weighted by Gasteiger charge is -2.26. The number of pyridine rings is 1. The summed E-state index contributed by atoms with van der Waals surface area (Å²) in [6, 6.07) is 15.2. The van der Waals surface area contributed by atoms with Crippen LogP contribution in [0.3, 0.4) is 0 Å². The highest BCUT2D eigenvalue weighted by atomic mass is 19.4. The number of nitrogens with zero attached hydrogens (tertiary/aromatic N) is 2. The van der Waals surface area contributed by atoms with Crippen molar-refractivity contribution in [3.8, 4) is 17.6 Å². The molecule has 1 aliphatic heterocycles. The second kappa shape index (κ2) is 10.3. The van der Waals surface area contributed by atoms with Gasteiger partial charge >= 0.3 is 6.36 Å². The van der Waals surface area contributed by atoms with Crippen LogP contribution < -0.4 is 15.0 Å². The SMILES string of the molecule is O=C(Nc1cc(C#Cc2ccccn2)cc(OC(F)(F)F)c1)c1ccc(N2CCCCC2=O)cc1. The molecule has 0 radical (unpaired) electrons. The molecule has 2 amide bonds. The zero-order chi connectivity index (χ0) is 24.8. The number of carbonyl (C=O) groups is 2. The second-order valence-corrected chi connectivity index (χ2v) is 7.76. The van der Waals surface area contributed by atoms with Crippen molar-refractivity contribution in [1.82, 2.24) is 4.98 Å². The molecule has 0 spiro atoms. The minimum atomic E-state index is -4.91. The Morgan fingerprint density at radius 2 is 1.83 bits per heavy atom. The molecule has 2 aromatic carbocycles. The number of benzene rings is 2. The van der Waals surface area contributed by atoms with Crippen LogP contribution in [0.1, 0.15) is 40.9 Å². The summed E-state index contributed by atoms with van der Waals surface area (Å²) >= 11 is 0. The molecule has 4 rings (SSSR count). The number of piperidine rings is 1. The van der Waals surface area contributed by atoms with Crippen molar-refractivity contribution in [2.24, 2.45) is 0 Å². The lowest BCUT2D eigenvalue weighted by Crippen LogP contribution is -2.35. The van der Waals surface area contributed by atoms with Gasteiger partial charge in [0.05, 0.1) is 0 Å². The van der Waals surface area contributed by atoms with Crippen LogP contribution in [0.2, 0.25) is 0 Å². The molecular formula is C26H20F3N3O3. The van der Waals surface area contributed by atoms with E-state index in [0.717, 1.165) is 25.0 Å². The maximum Gasteiger partial charge on any atom is 0.573 e. The molecule has 6 nitrogen and oxygen atoms in total. The number of ether oxygens (including phenoxy) is 1. The Morgan fingerprint density at radius 3 is 2.51 bits per heavy atom. The van der Waals surface area contributed by atoms with Crippen LogP contribution in [0, 0.1) is 11.8 Å². The van der Waals surface area contributed by atoms with E-state index in [0.29, 0.717) is 24.3 Å². The number of hydrogen-bond acceptors (Lipinski definition) is 4. The van der Waals surface area contributed by atoms with Crippen molar-refractivity contribution in [3.05, 3.63) is 83.7 Å². The van der Waals surface area contributed by atoms with Gasteiger partial charge in [0.2, 0.25) is 5.91 Å². The van der Waals surface area contributed by atoms with Crippen LogP contribution >= 0.6 is 0 Å². The van der Waals surface area contributed by atoms with Gasteiger partial charge in [-0.3, -0.25) is 9.59 Å². The maximum atomic E-state index is 12.8. The Labute approximate surface area is 199 Å². The molecule has 178 valence electrons. The van der Waals surface area contributed by atoms with Gasteiger partial charge < -0.3 is 15.0 Å². The first-order valence-electron chi connectivity index (χ1n) is 10.8. The summed E-state index contributed by atoms with van der Waals surface area (Å²) in [5, 5.41) is 2.58. The number of hydrogen-bond donors (Lipinski definition) is 1. The molecule has 2 heterocycles. The Kier molecular flexibility index (Phi) is 7.01. The molecule has 1 fully saturated rings. The van der Waals surface area contributed by atoms with E-state index in [4.69, 9.17) is 0 Å². The van der Waals surface area contributed by atoms with Gasteiger partial charge in [-0.25, -0.2) is 4.98 Å². The number of anilines is 2. The Balaban J connectivity index is 1.55. The van der Waals surface area contributed by atoms with Crippen molar-refractivity contribution >= 4 is 23.2 Å². The van der Waals surface area contributed by atoms with Crippen molar-refractivity contribution in [1.29, 1.82) is 0 Å². The Morgan fingerprint density at radius 1 is 1.03 bits per heavy atom. The fraction of sp³-hybridized carbons (Fsp3) is 0.192. The summed E-state index contributed by atoms with van der Waals surface area (Å²) in [4.78, 5) is 30.6. The molecule has 0 aliphatic carbocycles. The quantitative estimate of drug-likeness (QED) is 0.526. The number of alkyl halides is 3.